The maximum atomic E-state index is 13.6. The molecule has 2 N–H and O–H groups in total. The summed E-state index contributed by atoms with van der Waals surface area (Å²) in [4.78, 5) is 101. The van der Waals surface area contributed by atoms with Crippen LogP contribution in [0.15, 0.2) is 24.3 Å². The number of carbonyl (C=O) groups excluding carboxylic acids is 8. The third-order valence-corrected chi connectivity index (χ3v) is 7.38. The number of amides is 2. The third kappa shape index (κ3) is 15.3. The standard InChI is InChI=1S/C36H46N2O18/c1-8-13-48-14-15-49-16-17-51-36(35(46)47-7)18-28(53-23(4)41)31(38-30(44)20-50-21(2)39)33(56-36)32(55-25(6)43)29(54-24(5)42)19-37-34(45)26-11-9-10-12-27(26)52-22(3)40/h1,9-12,28-29,31-33H,13-20H2,2-7H3,(H,37,45)(H,38,44)/t28-,29+,31+,32+,33+,36+/m0/s1. The monoisotopic (exact) mass is 794 g/mol. The van der Waals surface area contributed by atoms with Crippen LogP contribution in [-0.4, -0.2) is 137 Å². The molecule has 1 aromatic rings. The lowest BCUT2D eigenvalue weighted by molar-refractivity contribution is -0.315. The summed E-state index contributed by atoms with van der Waals surface area (Å²) in [6, 6.07) is 4.15. The molecule has 0 radical (unpaired) electrons. The predicted molar refractivity (Wildman–Crippen MR) is 186 cm³/mol. The number of terminal acetylenes is 1. The van der Waals surface area contributed by atoms with Crippen molar-refractivity contribution in [2.45, 2.75) is 77.3 Å². The van der Waals surface area contributed by atoms with Gasteiger partial charge in [0.05, 0.1) is 58.1 Å². The number of ether oxygens (including phenoxy) is 10. The number of para-hydroxylation sites is 1. The quantitative estimate of drug-likeness (QED) is 0.0524. The second-order valence-electron chi connectivity index (χ2n) is 11.8. The molecule has 1 saturated heterocycles. The van der Waals surface area contributed by atoms with E-state index in [-0.39, 0.29) is 44.3 Å². The zero-order valence-corrected chi connectivity index (χ0v) is 31.8. The lowest BCUT2D eigenvalue weighted by Crippen LogP contribution is -2.70. The Labute approximate surface area is 322 Å². The zero-order valence-electron chi connectivity index (χ0n) is 31.8. The van der Waals surface area contributed by atoms with E-state index in [9.17, 15) is 38.4 Å². The van der Waals surface area contributed by atoms with Crippen LogP contribution in [0.5, 0.6) is 5.75 Å². The fourth-order valence-corrected chi connectivity index (χ4v) is 5.34. The number of hydrogen-bond donors (Lipinski definition) is 2. The number of hydrogen-bond acceptors (Lipinski definition) is 18. The second-order valence-corrected chi connectivity index (χ2v) is 11.8. The Morgan fingerprint density at radius 3 is 2.14 bits per heavy atom. The SMILES string of the molecule is C#CCOCCOCCO[C@]1(C(=O)OC)C[C@H](OC(C)=O)[C@@H](NC(=O)COC(C)=O)[C@H]([C@H](OC(C)=O)[C@@H](CNC(=O)c2ccccc2OC(C)=O)OC(C)=O)O1. The summed E-state index contributed by atoms with van der Waals surface area (Å²) in [6.45, 7) is 3.56. The Morgan fingerprint density at radius 2 is 1.54 bits per heavy atom. The van der Waals surface area contributed by atoms with E-state index in [4.69, 9.17) is 53.8 Å². The predicted octanol–water partition coefficient (Wildman–Crippen LogP) is -0.474. The highest BCUT2D eigenvalue weighted by atomic mass is 16.7. The first kappa shape index (κ1) is 46.5. The highest BCUT2D eigenvalue weighted by Crippen LogP contribution is 2.37. The minimum atomic E-state index is -2.47. The average Bonchev–Trinajstić information content (AvgIpc) is 3.12. The molecule has 0 aromatic heterocycles. The molecule has 2 rings (SSSR count). The van der Waals surface area contributed by atoms with E-state index in [0.29, 0.717) is 0 Å². The first-order valence-electron chi connectivity index (χ1n) is 17.0. The molecular weight excluding hydrogens is 748 g/mol. The van der Waals surface area contributed by atoms with Crippen LogP contribution < -0.4 is 15.4 Å². The number of esters is 6. The first-order valence-corrected chi connectivity index (χ1v) is 17.0. The summed E-state index contributed by atoms with van der Waals surface area (Å²) in [7, 11) is 1.01. The van der Waals surface area contributed by atoms with E-state index in [2.05, 4.69) is 16.6 Å². The van der Waals surface area contributed by atoms with Crippen LogP contribution in [0, 0.1) is 12.3 Å². The molecule has 0 aliphatic carbocycles. The summed E-state index contributed by atoms with van der Waals surface area (Å²) in [5.41, 5.74) is -0.101. The van der Waals surface area contributed by atoms with Gasteiger partial charge in [0.15, 0.2) is 18.8 Å². The Bertz CT molecular complexity index is 1610. The molecule has 0 spiro atoms. The summed E-state index contributed by atoms with van der Waals surface area (Å²) in [5.74, 6) is -7.57. The molecule has 20 heteroatoms. The van der Waals surface area contributed by atoms with Crippen molar-refractivity contribution in [1.29, 1.82) is 0 Å². The molecule has 1 heterocycles. The summed E-state index contributed by atoms with van der Waals surface area (Å²) in [5, 5.41) is 5.03. The number of nitrogens with one attached hydrogen (secondary N) is 2. The Kier molecular flexibility index (Phi) is 19.4. The van der Waals surface area contributed by atoms with E-state index in [0.717, 1.165) is 41.7 Å². The molecule has 1 aliphatic heterocycles. The van der Waals surface area contributed by atoms with Crippen LogP contribution in [0.25, 0.3) is 0 Å². The fourth-order valence-electron chi connectivity index (χ4n) is 5.34. The molecule has 2 amide bonds. The van der Waals surface area contributed by atoms with Gasteiger partial charge in [-0.05, 0) is 12.1 Å². The molecule has 1 aromatic carbocycles. The van der Waals surface area contributed by atoms with E-state index in [1.807, 2.05) is 0 Å². The van der Waals surface area contributed by atoms with Crippen molar-refractivity contribution in [2.75, 3.05) is 53.3 Å². The van der Waals surface area contributed by atoms with Crippen molar-refractivity contribution < 1.29 is 85.7 Å². The zero-order chi connectivity index (χ0) is 41.8. The molecule has 308 valence electrons. The lowest BCUT2D eigenvalue weighted by Gasteiger charge is -2.48. The van der Waals surface area contributed by atoms with Crippen molar-refractivity contribution >= 4 is 47.6 Å². The first-order chi connectivity index (χ1) is 26.5. The molecule has 56 heavy (non-hydrogen) atoms. The Balaban J connectivity index is 2.67. The number of benzene rings is 1. The van der Waals surface area contributed by atoms with Crippen molar-refractivity contribution in [3.8, 4) is 18.1 Å². The lowest BCUT2D eigenvalue weighted by atomic mass is 9.87. The Morgan fingerprint density at radius 1 is 0.875 bits per heavy atom. The molecule has 1 fully saturated rings. The maximum absolute atomic E-state index is 13.6. The molecule has 0 unspecified atom stereocenters. The molecule has 20 nitrogen and oxygen atoms in total. The van der Waals surface area contributed by atoms with Gasteiger partial charge in [0.25, 0.3) is 17.6 Å². The van der Waals surface area contributed by atoms with Crippen molar-refractivity contribution in [2.24, 2.45) is 0 Å². The van der Waals surface area contributed by atoms with Crippen molar-refractivity contribution in [1.82, 2.24) is 10.6 Å². The normalized spacial score (nSPS) is 19.8. The Hall–Kier alpha value is -5.62. The third-order valence-electron chi connectivity index (χ3n) is 7.38. The van der Waals surface area contributed by atoms with E-state index in [1.165, 1.54) is 24.3 Å². The van der Waals surface area contributed by atoms with Crippen LogP contribution in [-0.2, 0) is 76.2 Å². The van der Waals surface area contributed by atoms with Crippen LogP contribution in [0.2, 0.25) is 0 Å². The number of methoxy groups -OCH3 is 1. The van der Waals surface area contributed by atoms with Gasteiger partial charge in [-0.3, -0.25) is 33.6 Å². The van der Waals surface area contributed by atoms with Crippen molar-refractivity contribution in [3.63, 3.8) is 0 Å². The van der Waals surface area contributed by atoms with Gasteiger partial charge in [0.1, 0.15) is 24.6 Å². The summed E-state index contributed by atoms with van der Waals surface area (Å²) < 4.78 is 54.4. The van der Waals surface area contributed by atoms with Crippen LogP contribution >= 0.6 is 0 Å². The second kappa shape index (κ2) is 23.3. The minimum Gasteiger partial charge on any atom is -0.465 e. The summed E-state index contributed by atoms with van der Waals surface area (Å²) in [6.07, 6.45) is -2.35. The van der Waals surface area contributed by atoms with Crippen LogP contribution in [0.3, 0.4) is 0 Å². The highest BCUT2D eigenvalue weighted by Gasteiger charge is 2.59. The smallest absolute Gasteiger partial charge is 0.366 e. The van der Waals surface area contributed by atoms with Crippen LogP contribution in [0.4, 0.5) is 0 Å². The molecule has 1 aliphatic rings. The van der Waals surface area contributed by atoms with Gasteiger partial charge in [-0.15, -0.1) is 6.42 Å². The molecule has 6 atom stereocenters. The van der Waals surface area contributed by atoms with Gasteiger partial charge >= 0.3 is 35.8 Å². The van der Waals surface area contributed by atoms with E-state index < -0.39 is 103 Å². The van der Waals surface area contributed by atoms with Gasteiger partial charge in [-0.25, -0.2) is 4.79 Å². The fraction of sp³-hybridized carbons (Fsp3) is 0.556. The highest BCUT2D eigenvalue weighted by molar-refractivity contribution is 5.97. The van der Waals surface area contributed by atoms with E-state index in [1.54, 1.807) is 0 Å². The van der Waals surface area contributed by atoms with Gasteiger partial charge in [-0.1, -0.05) is 18.1 Å². The minimum absolute atomic E-state index is 0.0553. The van der Waals surface area contributed by atoms with Crippen LogP contribution in [0.1, 0.15) is 51.4 Å². The summed E-state index contributed by atoms with van der Waals surface area (Å²) >= 11 is 0. The van der Waals surface area contributed by atoms with Gasteiger partial charge in [0, 0.05) is 34.6 Å². The van der Waals surface area contributed by atoms with Gasteiger partial charge in [0.2, 0.25) is 0 Å². The molecular formula is C36H46N2O18. The van der Waals surface area contributed by atoms with Gasteiger partial charge < -0.3 is 58.0 Å². The maximum Gasteiger partial charge on any atom is 0.366 e. The molecule has 0 bridgehead atoms. The average molecular weight is 795 g/mol. The number of carbonyl (C=O) groups is 8. The largest absolute Gasteiger partial charge is 0.465 e. The van der Waals surface area contributed by atoms with E-state index >= 15 is 0 Å². The molecule has 0 saturated carbocycles. The van der Waals surface area contributed by atoms with Crippen molar-refractivity contribution in [3.05, 3.63) is 29.8 Å². The topological polar surface area (TPSA) is 253 Å². The number of rotatable bonds is 21. The van der Waals surface area contributed by atoms with Gasteiger partial charge in [-0.2, -0.15) is 0 Å².